The highest BCUT2D eigenvalue weighted by atomic mass is 16.6. The molecule has 0 unspecified atom stereocenters. The number of ether oxygens (including phenoxy) is 1. The Hall–Kier alpha value is -2.24. The molecule has 0 radical (unpaired) electrons. The molecule has 3 N–H and O–H groups in total. The zero-order valence-electron chi connectivity index (χ0n) is 16.3. The van der Waals surface area contributed by atoms with Crippen molar-refractivity contribution in [3.05, 3.63) is 35.9 Å². The first-order valence-electron chi connectivity index (χ1n) is 8.61. The van der Waals surface area contributed by atoms with Crippen LogP contribution in [0.15, 0.2) is 35.3 Å². The van der Waals surface area contributed by atoms with Gasteiger partial charge in [0.25, 0.3) is 0 Å². The minimum atomic E-state index is -0.511. The number of carbonyl (C=O) groups is 1. The van der Waals surface area contributed by atoms with Crippen LogP contribution < -0.4 is 16.0 Å². The highest BCUT2D eigenvalue weighted by Crippen LogP contribution is 2.09. The van der Waals surface area contributed by atoms with E-state index in [4.69, 9.17) is 4.74 Å². The Morgan fingerprint density at radius 3 is 2.28 bits per heavy atom. The molecule has 1 rings (SSSR count). The number of rotatable bonds is 6. The maximum absolute atomic E-state index is 11.9. The van der Waals surface area contributed by atoms with Gasteiger partial charge in [-0.3, -0.25) is 4.99 Å². The molecule has 6 heteroatoms. The van der Waals surface area contributed by atoms with Crippen LogP contribution in [0.1, 0.15) is 40.2 Å². The zero-order chi connectivity index (χ0) is 18.9. The van der Waals surface area contributed by atoms with E-state index in [1.807, 2.05) is 52.8 Å². The SMILES string of the molecule is CN=C(NCCc1ccccc1)NCC(C)(C)NC(=O)OC(C)(C)C. The molecule has 0 bridgehead atoms. The van der Waals surface area contributed by atoms with Crippen LogP contribution in [-0.2, 0) is 11.2 Å². The van der Waals surface area contributed by atoms with Gasteiger partial charge in [0.15, 0.2) is 5.96 Å². The molecule has 1 aromatic carbocycles. The smallest absolute Gasteiger partial charge is 0.408 e. The predicted molar refractivity (Wildman–Crippen MR) is 103 cm³/mol. The first-order chi connectivity index (χ1) is 11.6. The lowest BCUT2D eigenvalue weighted by atomic mass is 10.1. The van der Waals surface area contributed by atoms with Crippen LogP contribution in [0.25, 0.3) is 0 Å². The summed E-state index contributed by atoms with van der Waals surface area (Å²) in [5.41, 5.74) is 0.291. The Morgan fingerprint density at radius 1 is 1.08 bits per heavy atom. The molecule has 0 aliphatic heterocycles. The van der Waals surface area contributed by atoms with Crippen molar-refractivity contribution in [1.29, 1.82) is 0 Å². The van der Waals surface area contributed by atoms with Gasteiger partial charge in [-0.1, -0.05) is 30.3 Å². The summed E-state index contributed by atoms with van der Waals surface area (Å²) in [6.45, 7) is 10.7. The maximum atomic E-state index is 11.9. The van der Waals surface area contributed by atoms with Crippen LogP contribution in [0.5, 0.6) is 0 Å². The van der Waals surface area contributed by atoms with Crippen molar-refractivity contribution in [2.75, 3.05) is 20.1 Å². The van der Waals surface area contributed by atoms with Crippen molar-refractivity contribution in [2.24, 2.45) is 4.99 Å². The van der Waals surface area contributed by atoms with Crippen molar-refractivity contribution in [1.82, 2.24) is 16.0 Å². The molecule has 25 heavy (non-hydrogen) atoms. The normalized spacial score (nSPS) is 12.5. The highest BCUT2D eigenvalue weighted by molar-refractivity contribution is 5.79. The Bertz CT molecular complexity index is 563. The van der Waals surface area contributed by atoms with Gasteiger partial charge in [-0.05, 0) is 46.6 Å². The molecule has 1 amide bonds. The van der Waals surface area contributed by atoms with Gasteiger partial charge in [0.1, 0.15) is 5.60 Å². The quantitative estimate of drug-likeness (QED) is 0.546. The molecule has 0 heterocycles. The average molecular weight is 348 g/mol. The summed E-state index contributed by atoms with van der Waals surface area (Å²) in [7, 11) is 1.73. The van der Waals surface area contributed by atoms with Crippen LogP contribution >= 0.6 is 0 Å². The fourth-order valence-electron chi connectivity index (χ4n) is 2.12. The molecule has 0 saturated heterocycles. The number of aliphatic imine (C=N–C) groups is 1. The van der Waals surface area contributed by atoms with Gasteiger partial charge < -0.3 is 20.7 Å². The molecule has 0 aromatic heterocycles. The standard InChI is InChI=1S/C19H32N4O2/c1-18(2,3)25-17(24)23-19(4,5)14-22-16(20-6)21-13-12-15-10-8-7-9-11-15/h7-11H,12-14H2,1-6H3,(H,23,24)(H2,20,21,22). The summed E-state index contributed by atoms with van der Waals surface area (Å²) in [6, 6.07) is 10.3. The van der Waals surface area contributed by atoms with Gasteiger partial charge in [-0.25, -0.2) is 4.79 Å². The van der Waals surface area contributed by atoms with E-state index in [2.05, 4.69) is 33.1 Å². The molecule has 0 saturated carbocycles. The summed E-state index contributed by atoms with van der Waals surface area (Å²) < 4.78 is 5.30. The lowest BCUT2D eigenvalue weighted by Gasteiger charge is -2.29. The lowest BCUT2D eigenvalue weighted by molar-refractivity contribution is 0.0474. The summed E-state index contributed by atoms with van der Waals surface area (Å²) in [5.74, 6) is 0.704. The largest absolute Gasteiger partial charge is 0.444 e. The van der Waals surface area contributed by atoms with Gasteiger partial charge in [-0.15, -0.1) is 0 Å². The fourth-order valence-corrected chi connectivity index (χ4v) is 2.12. The molecule has 0 aliphatic carbocycles. The van der Waals surface area contributed by atoms with Gasteiger partial charge in [0.05, 0.1) is 5.54 Å². The Morgan fingerprint density at radius 2 is 1.72 bits per heavy atom. The van der Waals surface area contributed by atoms with Crippen molar-refractivity contribution < 1.29 is 9.53 Å². The predicted octanol–water partition coefficient (Wildman–Crippen LogP) is 2.70. The van der Waals surface area contributed by atoms with Crippen LogP contribution in [0.3, 0.4) is 0 Å². The topological polar surface area (TPSA) is 74.8 Å². The van der Waals surface area contributed by atoms with Gasteiger partial charge in [0.2, 0.25) is 0 Å². The number of hydrogen-bond acceptors (Lipinski definition) is 3. The monoisotopic (exact) mass is 348 g/mol. The van der Waals surface area contributed by atoms with Gasteiger partial charge in [-0.2, -0.15) is 0 Å². The summed E-state index contributed by atoms with van der Waals surface area (Å²) in [4.78, 5) is 16.1. The Balaban J connectivity index is 2.38. The third kappa shape index (κ3) is 9.59. The number of benzene rings is 1. The summed E-state index contributed by atoms with van der Waals surface area (Å²) in [5, 5.41) is 9.38. The number of carbonyl (C=O) groups excluding carboxylic acids is 1. The highest BCUT2D eigenvalue weighted by Gasteiger charge is 2.24. The molecular weight excluding hydrogens is 316 g/mol. The molecule has 6 nitrogen and oxygen atoms in total. The third-order valence-corrected chi connectivity index (χ3v) is 3.31. The molecule has 0 aliphatic rings. The van der Waals surface area contributed by atoms with E-state index in [1.165, 1.54) is 5.56 Å². The minimum absolute atomic E-state index is 0.425. The molecule has 0 atom stereocenters. The van der Waals surface area contributed by atoms with E-state index in [9.17, 15) is 4.79 Å². The number of nitrogens with one attached hydrogen (secondary N) is 3. The van der Waals surface area contributed by atoms with E-state index in [-0.39, 0.29) is 0 Å². The van der Waals surface area contributed by atoms with Crippen molar-refractivity contribution in [3.8, 4) is 0 Å². The summed E-state index contributed by atoms with van der Waals surface area (Å²) in [6.07, 6.45) is 0.493. The second-order valence-corrected chi connectivity index (χ2v) is 7.60. The van der Waals surface area contributed by atoms with Crippen LogP contribution in [0, 0.1) is 0 Å². The zero-order valence-corrected chi connectivity index (χ0v) is 16.3. The van der Waals surface area contributed by atoms with Gasteiger partial charge >= 0.3 is 6.09 Å². The molecule has 1 aromatic rings. The molecule has 0 spiro atoms. The van der Waals surface area contributed by atoms with Crippen molar-refractivity contribution in [2.45, 2.75) is 52.2 Å². The third-order valence-electron chi connectivity index (χ3n) is 3.31. The maximum Gasteiger partial charge on any atom is 0.408 e. The first-order valence-corrected chi connectivity index (χ1v) is 8.61. The number of amides is 1. The number of nitrogens with zero attached hydrogens (tertiary/aromatic N) is 1. The van der Waals surface area contributed by atoms with E-state index in [0.717, 1.165) is 13.0 Å². The Kier molecular flexibility index (Phi) is 7.74. The van der Waals surface area contributed by atoms with Crippen LogP contribution in [0.4, 0.5) is 4.79 Å². The second-order valence-electron chi connectivity index (χ2n) is 7.60. The molecule has 140 valence electrons. The second kappa shape index (κ2) is 9.30. The molecule has 0 fully saturated rings. The van der Waals surface area contributed by atoms with E-state index >= 15 is 0 Å². The first kappa shape index (κ1) is 20.8. The lowest BCUT2D eigenvalue weighted by Crippen LogP contribution is -2.54. The number of alkyl carbamates (subject to hydrolysis) is 1. The summed E-state index contributed by atoms with van der Waals surface area (Å²) >= 11 is 0. The van der Waals surface area contributed by atoms with Crippen LogP contribution in [-0.4, -0.2) is 43.3 Å². The molecular formula is C19H32N4O2. The van der Waals surface area contributed by atoms with Crippen molar-refractivity contribution in [3.63, 3.8) is 0 Å². The number of hydrogen-bond donors (Lipinski definition) is 3. The van der Waals surface area contributed by atoms with E-state index in [1.54, 1.807) is 7.05 Å². The van der Waals surface area contributed by atoms with Gasteiger partial charge in [0, 0.05) is 20.1 Å². The fraction of sp³-hybridized carbons (Fsp3) is 0.579. The average Bonchev–Trinajstić information content (AvgIpc) is 2.49. The van der Waals surface area contributed by atoms with Crippen LogP contribution in [0.2, 0.25) is 0 Å². The Labute approximate surface area is 151 Å². The van der Waals surface area contributed by atoms with E-state index in [0.29, 0.717) is 12.5 Å². The van der Waals surface area contributed by atoms with Crippen molar-refractivity contribution >= 4 is 12.1 Å². The number of guanidine groups is 1. The van der Waals surface area contributed by atoms with E-state index < -0.39 is 17.2 Å². The minimum Gasteiger partial charge on any atom is -0.444 e.